The van der Waals surface area contributed by atoms with E-state index >= 15 is 0 Å². The highest BCUT2D eigenvalue weighted by molar-refractivity contribution is 7.98. The molecule has 11 heteroatoms. The molecule has 4 aromatic rings. The van der Waals surface area contributed by atoms with Crippen LogP contribution in [0.3, 0.4) is 0 Å². The Labute approximate surface area is 184 Å². The third-order valence-corrected chi connectivity index (χ3v) is 7.03. The lowest BCUT2D eigenvalue weighted by Gasteiger charge is -2.05. The van der Waals surface area contributed by atoms with Crippen LogP contribution in [0.15, 0.2) is 34.2 Å². The Morgan fingerprint density at radius 2 is 2.10 bits per heavy atom. The second-order valence-corrected chi connectivity index (χ2v) is 8.72. The molecular weight excluding hydrogens is 446 g/mol. The van der Waals surface area contributed by atoms with Gasteiger partial charge in [-0.05, 0) is 24.6 Å². The van der Waals surface area contributed by atoms with Gasteiger partial charge in [0.05, 0.1) is 23.3 Å². The van der Waals surface area contributed by atoms with Crippen molar-refractivity contribution in [2.45, 2.75) is 17.8 Å². The number of nitrogens with one attached hydrogen (secondary N) is 1. The molecule has 0 radical (unpaired) electrons. The minimum Gasteiger partial charge on any atom is -0.465 e. The molecule has 3 heterocycles. The molecule has 0 aliphatic rings. The number of halogens is 1. The number of methoxy groups -OCH3 is 1. The smallest absolute Gasteiger partial charge is 0.348 e. The molecule has 0 amide bonds. The van der Waals surface area contributed by atoms with E-state index < -0.39 is 5.97 Å². The largest absolute Gasteiger partial charge is 0.465 e. The van der Waals surface area contributed by atoms with Crippen molar-refractivity contribution in [1.29, 1.82) is 0 Å². The van der Waals surface area contributed by atoms with Crippen molar-refractivity contribution < 1.29 is 9.53 Å². The number of fused-ring (bicyclic) bond motifs is 1. The Balaban J connectivity index is 1.61. The quantitative estimate of drug-likeness (QED) is 0.356. The van der Waals surface area contributed by atoms with Gasteiger partial charge in [-0.15, -0.1) is 21.5 Å². The second kappa shape index (κ2) is 8.21. The number of hydrogen-bond donors (Lipinski definition) is 1. The van der Waals surface area contributed by atoms with Gasteiger partial charge in [-0.1, -0.05) is 35.5 Å². The topological polar surface area (TPSA) is 103 Å². The van der Waals surface area contributed by atoms with E-state index in [1.165, 1.54) is 18.9 Å². The summed E-state index contributed by atoms with van der Waals surface area (Å²) in [6.07, 6.45) is 0. The molecule has 8 nitrogen and oxygen atoms in total. The number of ether oxygens (including phenoxy) is 1. The van der Waals surface area contributed by atoms with E-state index in [1.807, 2.05) is 29.8 Å². The summed E-state index contributed by atoms with van der Waals surface area (Å²) in [6, 6.07) is 7.42. The number of thiophene rings is 1. The maximum Gasteiger partial charge on any atom is 0.348 e. The summed E-state index contributed by atoms with van der Waals surface area (Å²) in [7, 11) is 3.16. The maximum atomic E-state index is 12.6. The predicted octanol–water partition coefficient (Wildman–Crippen LogP) is 3.82. The first-order valence-electron chi connectivity index (χ1n) is 8.78. The lowest BCUT2D eigenvalue weighted by molar-refractivity contribution is 0.0605. The van der Waals surface area contributed by atoms with Gasteiger partial charge >= 0.3 is 5.97 Å². The molecular formula is C19H16ClN5O3S2. The monoisotopic (exact) mass is 461 g/mol. The Morgan fingerprint density at radius 3 is 2.83 bits per heavy atom. The number of benzene rings is 1. The van der Waals surface area contributed by atoms with E-state index in [1.54, 1.807) is 13.0 Å². The molecule has 0 aliphatic heterocycles. The number of rotatable bonds is 5. The fourth-order valence-electron chi connectivity index (χ4n) is 2.99. The molecule has 0 aliphatic carbocycles. The summed E-state index contributed by atoms with van der Waals surface area (Å²) >= 11 is 8.80. The van der Waals surface area contributed by atoms with Gasteiger partial charge < -0.3 is 14.3 Å². The van der Waals surface area contributed by atoms with Crippen molar-refractivity contribution in [3.05, 3.63) is 55.9 Å². The predicted molar refractivity (Wildman–Crippen MR) is 117 cm³/mol. The molecule has 0 atom stereocenters. The number of aryl methyl sites for hydroxylation is 1. The molecule has 1 aromatic carbocycles. The normalized spacial score (nSPS) is 11.2. The van der Waals surface area contributed by atoms with E-state index in [0.717, 1.165) is 16.9 Å². The van der Waals surface area contributed by atoms with E-state index in [-0.39, 0.29) is 5.56 Å². The summed E-state index contributed by atoms with van der Waals surface area (Å²) in [5.74, 6) is 1.04. The highest BCUT2D eigenvalue weighted by atomic mass is 35.5. The molecule has 1 N–H and O–H groups in total. The van der Waals surface area contributed by atoms with Crippen LogP contribution in [0, 0.1) is 6.92 Å². The van der Waals surface area contributed by atoms with Crippen molar-refractivity contribution in [1.82, 2.24) is 24.7 Å². The summed E-state index contributed by atoms with van der Waals surface area (Å²) in [5, 5.41) is 10.1. The number of aromatic amines is 1. The molecule has 0 bridgehead atoms. The Bertz CT molecular complexity index is 1330. The first-order valence-corrected chi connectivity index (χ1v) is 11.0. The van der Waals surface area contributed by atoms with Crippen LogP contribution in [0.2, 0.25) is 5.02 Å². The Morgan fingerprint density at radius 1 is 1.33 bits per heavy atom. The number of nitrogens with zero attached hydrogens (tertiary/aromatic N) is 4. The van der Waals surface area contributed by atoms with Gasteiger partial charge in [0.15, 0.2) is 11.0 Å². The van der Waals surface area contributed by atoms with Crippen LogP contribution >= 0.6 is 34.7 Å². The standard InChI is InChI=1S/C19H16ClN5O3S2/c1-9-13-16(26)21-12(22-17(13)30-14(9)18(27)28-3)8-29-19-24-23-15(25(19)2)10-6-4-5-7-11(10)20/h4-7H,8H2,1-3H3,(H,21,22,26). The van der Waals surface area contributed by atoms with Crippen LogP contribution in [0.1, 0.15) is 21.1 Å². The highest BCUT2D eigenvalue weighted by Crippen LogP contribution is 2.30. The SMILES string of the molecule is COC(=O)c1sc2nc(CSc3nnc(-c4ccccc4Cl)n3C)[nH]c(=O)c2c1C. The lowest BCUT2D eigenvalue weighted by Crippen LogP contribution is -2.11. The van der Waals surface area contributed by atoms with Gasteiger partial charge in [0.2, 0.25) is 0 Å². The van der Waals surface area contributed by atoms with Gasteiger partial charge in [-0.2, -0.15) is 0 Å². The van der Waals surface area contributed by atoms with Crippen LogP contribution < -0.4 is 5.56 Å². The number of H-pyrrole nitrogens is 1. The molecule has 30 heavy (non-hydrogen) atoms. The van der Waals surface area contributed by atoms with Gasteiger partial charge in [0, 0.05) is 12.6 Å². The fraction of sp³-hybridized carbons (Fsp3) is 0.211. The Kier molecular flexibility index (Phi) is 5.63. The minimum atomic E-state index is -0.475. The lowest BCUT2D eigenvalue weighted by atomic mass is 10.2. The first-order chi connectivity index (χ1) is 14.4. The summed E-state index contributed by atoms with van der Waals surface area (Å²) in [5.41, 5.74) is 1.08. The zero-order chi connectivity index (χ0) is 21.4. The van der Waals surface area contributed by atoms with Gasteiger partial charge in [0.25, 0.3) is 5.56 Å². The van der Waals surface area contributed by atoms with Gasteiger partial charge in [-0.25, -0.2) is 9.78 Å². The number of carbonyl (C=O) groups excluding carboxylic acids is 1. The third kappa shape index (κ3) is 3.62. The Hall–Kier alpha value is -2.69. The molecule has 0 fully saturated rings. The molecule has 154 valence electrons. The van der Waals surface area contributed by atoms with Crippen LogP contribution in [0.4, 0.5) is 0 Å². The van der Waals surface area contributed by atoms with Gasteiger partial charge in [-0.3, -0.25) is 4.79 Å². The second-order valence-electron chi connectivity index (χ2n) is 6.37. The van der Waals surface area contributed by atoms with Crippen LogP contribution in [-0.4, -0.2) is 37.8 Å². The van der Waals surface area contributed by atoms with E-state index in [0.29, 0.717) is 48.2 Å². The maximum absolute atomic E-state index is 12.6. The van der Waals surface area contributed by atoms with E-state index in [9.17, 15) is 9.59 Å². The number of hydrogen-bond acceptors (Lipinski definition) is 8. The van der Waals surface area contributed by atoms with Crippen LogP contribution in [-0.2, 0) is 17.5 Å². The number of aromatic nitrogens is 5. The number of esters is 1. The average molecular weight is 462 g/mol. The molecule has 0 unspecified atom stereocenters. The summed E-state index contributed by atoms with van der Waals surface area (Å²) in [6.45, 7) is 1.71. The average Bonchev–Trinajstić information content (AvgIpc) is 3.26. The van der Waals surface area contributed by atoms with Gasteiger partial charge in [0.1, 0.15) is 15.5 Å². The van der Waals surface area contributed by atoms with Crippen LogP contribution in [0.25, 0.3) is 21.6 Å². The highest BCUT2D eigenvalue weighted by Gasteiger charge is 2.20. The number of thioether (sulfide) groups is 1. The third-order valence-electron chi connectivity index (χ3n) is 4.51. The summed E-state index contributed by atoms with van der Waals surface area (Å²) < 4.78 is 6.62. The first kappa shape index (κ1) is 20.6. The van der Waals surface area contributed by atoms with Crippen molar-refractivity contribution >= 4 is 50.9 Å². The van der Waals surface area contributed by atoms with Crippen molar-refractivity contribution in [2.75, 3.05) is 7.11 Å². The van der Waals surface area contributed by atoms with Crippen molar-refractivity contribution in [3.8, 4) is 11.4 Å². The molecule has 0 saturated carbocycles. The van der Waals surface area contributed by atoms with E-state index in [4.69, 9.17) is 16.3 Å². The minimum absolute atomic E-state index is 0.283. The molecule has 4 rings (SSSR count). The van der Waals surface area contributed by atoms with Crippen LogP contribution in [0.5, 0.6) is 0 Å². The van der Waals surface area contributed by atoms with Crippen molar-refractivity contribution in [2.24, 2.45) is 7.05 Å². The molecule has 3 aromatic heterocycles. The fourth-order valence-corrected chi connectivity index (χ4v) is 5.12. The zero-order valence-corrected chi connectivity index (χ0v) is 18.6. The zero-order valence-electron chi connectivity index (χ0n) is 16.2. The molecule has 0 saturated heterocycles. The summed E-state index contributed by atoms with van der Waals surface area (Å²) in [4.78, 5) is 32.6. The van der Waals surface area contributed by atoms with E-state index in [2.05, 4.69) is 20.2 Å². The van der Waals surface area contributed by atoms with Crippen molar-refractivity contribution in [3.63, 3.8) is 0 Å². The molecule has 0 spiro atoms. The number of carbonyl (C=O) groups is 1.